The number of ether oxygens (including phenoxy) is 3. The van der Waals surface area contributed by atoms with Gasteiger partial charge >= 0.3 is 0 Å². The number of rotatable bonds is 6. The van der Waals surface area contributed by atoms with Gasteiger partial charge in [-0.25, -0.2) is 0 Å². The summed E-state index contributed by atoms with van der Waals surface area (Å²) in [4.78, 5) is 16.3. The minimum Gasteiger partial charge on any atom is -0.493 e. The molecule has 1 fully saturated rings. The lowest BCUT2D eigenvalue weighted by atomic mass is 10.1. The number of carbonyl (C=O) groups is 1. The average molecular weight is 406 g/mol. The van der Waals surface area contributed by atoms with Gasteiger partial charge < -0.3 is 24.0 Å². The van der Waals surface area contributed by atoms with Gasteiger partial charge in [0.15, 0.2) is 11.5 Å². The van der Waals surface area contributed by atoms with E-state index in [4.69, 9.17) is 25.8 Å². The lowest BCUT2D eigenvalue weighted by Gasteiger charge is -2.32. The van der Waals surface area contributed by atoms with Crippen molar-refractivity contribution < 1.29 is 23.9 Å². The molecule has 1 N–H and O–H groups in total. The first-order valence-corrected chi connectivity index (χ1v) is 9.60. The predicted molar refractivity (Wildman–Crippen MR) is 108 cm³/mol. The number of quaternary nitrogens is 1. The fourth-order valence-electron chi connectivity index (χ4n) is 3.53. The third-order valence-electron chi connectivity index (χ3n) is 5.01. The van der Waals surface area contributed by atoms with Crippen LogP contribution in [-0.4, -0.2) is 58.3 Å². The number of nitrogens with one attached hydrogen (secondary N) is 1. The number of nitrogens with zero attached hydrogens (tertiary/aromatic N) is 1. The van der Waals surface area contributed by atoms with Crippen LogP contribution in [0.5, 0.6) is 17.2 Å². The Hall–Kier alpha value is -2.44. The lowest BCUT2D eigenvalue weighted by Crippen LogP contribution is -3.13. The number of benzene rings is 2. The van der Waals surface area contributed by atoms with Crippen molar-refractivity contribution in [3.63, 3.8) is 0 Å². The Kier molecular flexibility index (Phi) is 6.65. The van der Waals surface area contributed by atoms with E-state index < -0.39 is 0 Å². The zero-order valence-corrected chi connectivity index (χ0v) is 17.2. The lowest BCUT2D eigenvalue weighted by molar-refractivity contribution is -0.917. The first-order valence-electron chi connectivity index (χ1n) is 9.23. The molecule has 0 unspecified atom stereocenters. The Balaban J connectivity index is 1.66. The first-order chi connectivity index (χ1) is 13.5. The third-order valence-corrected chi connectivity index (χ3v) is 5.25. The minimum atomic E-state index is -0.0268. The maximum absolute atomic E-state index is 13.0. The summed E-state index contributed by atoms with van der Waals surface area (Å²) in [5.41, 5.74) is 1.75. The van der Waals surface area contributed by atoms with E-state index >= 15 is 0 Å². The topological polar surface area (TPSA) is 52.4 Å². The van der Waals surface area contributed by atoms with E-state index in [1.54, 1.807) is 33.5 Å². The van der Waals surface area contributed by atoms with Crippen molar-refractivity contribution in [2.45, 2.75) is 6.54 Å². The fraction of sp³-hybridized carbons (Fsp3) is 0.381. The SMILES string of the molecule is COc1cc(C(=O)N2CC[NH+](Cc3cccc(Cl)c3)CC2)cc(OC)c1OC. The van der Waals surface area contributed by atoms with Gasteiger partial charge in [-0.15, -0.1) is 0 Å². The van der Waals surface area contributed by atoms with Crippen molar-refractivity contribution in [2.75, 3.05) is 47.5 Å². The van der Waals surface area contributed by atoms with Gasteiger partial charge in [-0.1, -0.05) is 23.7 Å². The summed E-state index contributed by atoms with van der Waals surface area (Å²) >= 11 is 6.07. The average Bonchev–Trinajstić information content (AvgIpc) is 2.72. The van der Waals surface area contributed by atoms with Gasteiger partial charge in [-0.3, -0.25) is 4.79 Å². The summed E-state index contributed by atoms with van der Waals surface area (Å²) in [6.07, 6.45) is 0. The molecular weight excluding hydrogens is 380 g/mol. The summed E-state index contributed by atoms with van der Waals surface area (Å²) in [7, 11) is 4.64. The van der Waals surface area contributed by atoms with Crippen LogP contribution >= 0.6 is 11.6 Å². The van der Waals surface area contributed by atoms with E-state index in [1.165, 1.54) is 10.5 Å². The highest BCUT2D eigenvalue weighted by molar-refractivity contribution is 6.30. The monoisotopic (exact) mass is 405 g/mol. The zero-order chi connectivity index (χ0) is 20.1. The highest BCUT2D eigenvalue weighted by Gasteiger charge is 2.26. The van der Waals surface area contributed by atoms with Crippen molar-refractivity contribution in [3.8, 4) is 17.2 Å². The summed E-state index contributed by atoms with van der Waals surface area (Å²) in [6.45, 7) is 4.09. The first kappa shape index (κ1) is 20.3. The van der Waals surface area contributed by atoms with Crippen LogP contribution in [0.25, 0.3) is 0 Å². The van der Waals surface area contributed by atoms with Crippen LogP contribution < -0.4 is 19.1 Å². The van der Waals surface area contributed by atoms with E-state index in [1.807, 2.05) is 23.1 Å². The predicted octanol–water partition coefficient (Wildman–Crippen LogP) is 1.91. The molecule has 0 saturated carbocycles. The Bertz CT molecular complexity index is 810. The number of hydrogen-bond donors (Lipinski definition) is 1. The molecule has 0 bridgehead atoms. The van der Waals surface area contributed by atoms with E-state index in [0.717, 1.165) is 24.7 Å². The molecule has 3 rings (SSSR count). The minimum absolute atomic E-state index is 0.0268. The Labute approximate surface area is 170 Å². The molecule has 2 aromatic carbocycles. The molecule has 0 spiro atoms. The van der Waals surface area contributed by atoms with E-state index in [2.05, 4.69) is 6.07 Å². The van der Waals surface area contributed by atoms with Crippen LogP contribution in [-0.2, 0) is 6.54 Å². The van der Waals surface area contributed by atoms with Crippen molar-refractivity contribution in [1.82, 2.24) is 4.90 Å². The molecule has 0 aromatic heterocycles. The number of halogens is 1. The van der Waals surface area contributed by atoms with Crippen LogP contribution in [0, 0.1) is 0 Å². The number of carbonyl (C=O) groups excluding carboxylic acids is 1. The van der Waals surface area contributed by atoms with Gasteiger partial charge in [-0.05, 0) is 24.3 Å². The van der Waals surface area contributed by atoms with Gasteiger partial charge in [0.05, 0.1) is 47.5 Å². The van der Waals surface area contributed by atoms with Gasteiger partial charge in [0, 0.05) is 16.1 Å². The quantitative estimate of drug-likeness (QED) is 0.797. The Morgan fingerprint density at radius 2 is 1.68 bits per heavy atom. The molecule has 0 atom stereocenters. The summed E-state index contributed by atoms with van der Waals surface area (Å²) in [6, 6.07) is 11.4. The second-order valence-corrected chi connectivity index (χ2v) is 7.20. The molecule has 0 aliphatic carbocycles. The maximum Gasteiger partial charge on any atom is 0.254 e. The standard InChI is InChI=1S/C21H25ClN2O4/c1-26-18-12-16(13-19(27-2)20(18)28-3)21(25)24-9-7-23(8-10-24)14-15-5-4-6-17(22)11-15/h4-6,11-13H,7-10,14H2,1-3H3/p+1. The number of hydrogen-bond acceptors (Lipinski definition) is 4. The summed E-state index contributed by atoms with van der Waals surface area (Å²) < 4.78 is 16.0. The van der Waals surface area contributed by atoms with Crippen LogP contribution in [0.15, 0.2) is 36.4 Å². The maximum atomic E-state index is 13.0. The molecule has 1 saturated heterocycles. The van der Waals surface area contributed by atoms with Crippen LogP contribution in [0.2, 0.25) is 5.02 Å². The fourth-order valence-corrected chi connectivity index (χ4v) is 3.74. The molecule has 1 heterocycles. The van der Waals surface area contributed by atoms with Crippen molar-refractivity contribution in [1.29, 1.82) is 0 Å². The van der Waals surface area contributed by atoms with Crippen molar-refractivity contribution in [2.24, 2.45) is 0 Å². The number of amides is 1. The van der Waals surface area contributed by atoms with E-state index in [0.29, 0.717) is 35.9 Å². The van der Waals surface area contributed by atoms with Crippen LogP contribution in [0.1, 0.15) is 15.9 Å². The molecule has 1 aliphatic heterocycles. The molecule has 1 aliphatic rings. The molecule has 7 heteroatoms. The molecule has 1 amide bonds. The van der Waals surface area contributed by atoms with E-state index in [9.17, 15) is 4.79 Å². The van der Waals surface area contributed by atoms with Crippen molar-refractivity contribution >= 4 is 17.5 Å². The number of methoxy groups -OCH3 is 3. The number of piperazine rings is 1. The van der Waals surface area contributed by atoms with Gasteiger partial charge in [0.25, 0.3) is 5.91 Å². The van der Waals surface area contributed by atoms with Crippen molar-refractivity contribution in [3.05, 3.63) is 52.5 Å². The third kappa shape index (κ3) is 4.51. The second-order valence-electron chi connectivity index (χ2n) is 6.76. The van der Waals surface area contributed by atoms with E-state index in [-0.39, 0.29) is 5.91 Å². The zero-order valence-electron chi connectivity index (χ0n) is 16.5. The van der Waals surface area contributed by atoms with Gasteiger partial charge in [0.1, 0.15) is 6.54 Å². The largest absolute Gasteiger partial charge is 0.493 e. The highest BCUT2D eigenvalue weighted by Crippen LogP contribution is 2.38. The van der Waals surface area contributed by atoms with Crippen LogP contribution in [0.4, 0.5) is 0 Å². The summed E-state index contributed by atoms with van der Waals surface area (Å²) in [5, 5.41) is 0.758. The molecule has 150 valence electrons. The normalized spacial score (nSPS) is 14.6. The Morgan fingerprint density at radius 3 is 2.21 bits per heavy atom. The molecule has 2 aromatic rings. The Morgan fingerprint density at radius 1 is 1.04 bits per heavy atom. The summed E-state index contributed by atoms with van der Waals surface area (Å²) in [5.74, 6) is 1.42. The molecule has 6 nitrogen and oxygen atoms in total. The molecular formula is C21H26ClN2O4+. The second kappa shape index (κ2) is 9.17. The van der Waals surface area contributed by atoms with Crippen LogP contribution in [0.3, 0.4) is 0 Å². The molecule has 28 heavy (non-hydrogen) atoms. The smallest absolute Gasteiger partial charge is 0.254 e. The van der Waals surface area contributed by atoms with Gasteiger partial charge in [0.2, 0.25) is 5.75 Å². The van der Waals surface area contributed by atoms with Gasteiger partial charge in [-0.2, -0.15) is 0 Å². The highest BCUT2D eigenvalue weighted by atomic mass is 35.5. The molecule has 0 radical (unpaired) electrons.